The van der Waals surface area contributed by atoms with Crippen LogP contribution in [0.3, 0.4) is 0 Å². The van der Waals surface area contributed by atoms with Gasteiger partial charge in [0, 0.05) is 17.1 Å². The molecule has 0 fully saturated rings. The van der Waals surface area contributed by atoms with Crippen LogP contribution < -0.4 is 0 Å². The molecule has 2 aromatic rings. The third-order valence-electron chi connectivity index (χ3n) is 4.24. The van der Waals surface area contributed by atoms with Crippen LogP contribution in [0.25, 0.3) is 0 Å². The summed E-state index contributed by atoms with van der Waals surface area (Å²) in [7, 11) is -3.77. The molecule has 24 heavy (non-hydrogen) atoms. The highest BCUT2D eigenvalue weighted by atomic mass is 35.5. The number of aliphatic hydroxyl groups excluding tert-OH is 2. The highest BCUT2D eigenvalue weighted by Crippen LogP contribution is 2.37. The molecule has 7 heteroatoms. The van der Waals surface area contributed by atoms with Crippen LogP contribution >= 0.6 is 11.6 Å². The summed E-state index contributed by atoms with van der Waals surface area (Å²) in [6.45, 7) is -0.378. The van der Waals surface area contributed by atoms with E-state index in [1.165, 1.54) is 10.4 Å². The van der Waals surface area contributed by atoms with Gasteiger partial charge in [-0.2, -0.15) is 4.31 Å². The van der Waals surface area contributed by atoms with Crippen LogP contribution in [0.15, 0.2) is 53.4 Å². The van der Waals surface area contributed by atoms with E-state index >= 15 is 0 Å². The predicted octanol–water partition coefficient (Wildman–Crippen LogP) is 1.98. The molecule has 1 heterocycles. The molecule has 0 spiro atoms. The number of sulfonamides is 1. The van der Waals surface area contributed by atoms with E-state index < -0.39 is 22.2 Å². The summed E-state index contributed by atoms with van der Waals surface area (Å²) in [5, 5.41) is 20.6. The number of hydrogen-bond acceptors (Lipinski definition) is 4. The normalized spacial score (nSPS) is 23.0. The van der Waals surface area contributed by atoms with Gasteiger partial charge in [0.25, 0.3) is 0 Å². The topological polar surface area (TPSA) is 77.8 Å². The van der Waals surface area contributed by atoms with E-state index in [2.05, 4.69) is 0 Å². The first-order chi connectivity index (χ1) is 11.4. The van der Waals surface area contributed by atoms with E-state index in [-0.39, 0.29) is 18.0 Å². The maximum atomic E-state index is 12.9. The molecule has 0 unspecified atom stereocenters. The molecule has 128 valence electrons. The molecule has 3 rings (SSSR count). The van der Waals surface area contributed by atoms with Crippen LogP contribution in [0.2, 0.25) is 5.02 Å². The van der Waals surface area contributed by atoms with E-state index in [1.807, 2.05) is 0 Å². The lowest BCUT2D eigenvalue weighted by Crippen LogP contribution is -2.50. The number of nitrogens with zero attached hydrogens (tertiary/aromatic N) is 1. The molecular weight excluding hydrogens is 350 g/mol. The van der Waals surface area contributed by atoms with Crippen molar-refractivity contribution < 1.29 is 18.6 Å². The Morgan fingerprint density at radius 3 is 2.42 bits per heavy atom. The van der Waals surface area contributed by atoms with Crippen molar-refractivity contribution in [3.63, 3.8) is 0 Å². The molecule has 5 nitrogen and oxygen atoms in total. The summed E-state index contributed by atoms with van der Waals surface area (Å²) in [6.07, 6.45) is -0.640. The number of aliphatic hydroxyl groups is 2. The Morgan fingerprint density at radius 2 is 1.75 bits per heavy atom. The summed E-state index contributed by atoms with van der Waals surface area (Å²) in [5.74, 6) is 0. The van der Waals surface area contributed by atoms with E-state index in [4.69, 9.17) is 11.6 Å². The van der Waals surface area contributed by atoms with Gasteiger partial charge >= 0.3 is 0 Å². The standard InChI is InChI=1S/C17H18ClNO4S/c18-13-7-5-12(6-8-13)11-15-17(21)14-3-1-2-4-16(14)24(22,23)19(15)9-10-20/h1-8,15,17,20-21H,9-11H2/t15-,17-/m1/s1. The fourth-order valence-corrected chi connectivity index (χ4v) is 5.07. The Kier molecular flexibility index (Phi) is 4.94. The zero-order chi connectivity index (χ0) is 17.3. The largest absolute Gasteiger partial charge is 0.395 e. The second-order valence-corrected chi connectivity index (χ2v) is 8.02. The van der Waals surface area contributed by atoms with Gasteiger partial charge in [0.2, 0.25) is 10.0 Å². The van der Waals surface area contributed by atoms with Crippen LogP contribution in [0, 0.1) is 0 Å². The Morgan fingerprint density at radius 1 is 1.08 bits per heavy atom. The van der Waals surface area contributed by atoms with Gasteiger partial charge in [0.15, 0.2) is 0 Å². The SMILES string of the molecule is O=S1(=O)c2ccccc2[C@@H](O)[C@@H](Cc2ccc(Cl)cc2)N1CCO. The number of hydrogen-bond donors (Lipinski definition) is 2. The van der Waals surface area contributed by atoms with Gasteiger partial charge in [0.05, 0.1) is 23.6 Å². The van der Waals surface area contributed by atoms with Gasteiger partial charge in [0.1, 0.15) is 0 Å². The monoisotopic (exact) mass is 367 g/mol. The van der Waals surface area contributed by atoms with Gasteiger partial charge in [-0.15, -0.1) is 0 Å². The summed E-state index contributed by atoms with van der Waals surface area (Å²) >= 11 is 5.88. The zero-order valence-electron chi connectivity index (χ0n) is 12.8. The molecule has 0 aromatic heterocycles. The summed E-state index contributed by atoms with van der Waals surface area (Å²) < 4.78 is 26.9. The van der Waals surface area contributed by atoms with Crippen LogP contribution in [0.1, 0.15) is 17.2 Å². The lowest BCUT2D eigenvalue weighted by molar-refractivity contribution is 0.0725. The summed E-state index contributed by atoms with van der Waals surface area (Å²) in [4.78, 5) is 0.0957. The number of benzene rings is 2. The van der Waals surface area contributed by atoms with Crippen molar-refractivity contribution in [3.8, 4) is 0 Å². The lowest BCUT2D eigenvalue weighted by Gasteiger charge is -2.39. The lowest BCUT2D eigenvalue weighted by atomic mass is 9.95. The first kappa shape index (κ1) is 17.4. The average molecular weight is 368 g/mol. The van der Waals surface area contributed by atoms with Gasteiger partial charge in [-0.3, -0.25) is 0 Å². The number of halogens is 1. The minimum Gasteiger partial charge on any atom is -0.395 e. The highest BCUT2D eigenvalue weighted by molar-refractivity contribution is 7.89. The molecule has 1 aliphatic heterocycles. The minimum atomic E-state index is -3.77. The molecule has 2 atom stereocenters. The van der Waals surface area contributed by atoms with Crippen molar-refractivity contribution >= 4 is 21.6 Å². The maximum Gasteiger partial charge on any atom is 0.243 e. The van der Waals surface area contributed by atoms with Gasteiger partial charge in [-0.05, 0) is 30.2 Å². The fourth-order valence-electron chi connectivity index (χ4n) is 3.09. The maximum absolute atomic E-state index is 12.9. The Bertz CT molecular complexity index is 823. The predicted molar refractivity (Wildman–Crippen MR) is 91.3 cm³/mol. The van der Waals surface area contributed by atoms with Crippen LogP contribution in [0.5, 0.6) is 0 Å². The first-order valence-corrected chi connectivity index (χ1v) is 9.41. The molecule has 2 N–H and O–H groups in total. The van der Waals surface area contributed by atoms with Gasteiger partial charge in [-0.1, -0.05) is 41.9 Å². The number of rotatable bonds is 4. The zero-order valence-corrected chi connectivity index (χ0v) is 14.4. The Labute approximate surface area is 146 Å². The molecule has 0 amide bonds. The molecule has 0 saturated heterocycles. The third kappa shape index (κ3) is 3.08. The molecule has 0 bridgehead atoms. The van der Waals surface area contributed by atoms with Gasteiger partial charge in [-0.25, -0.2) is 8.42 Å². The van der Waals surface area contributed by atoms with Gasteiger partial charge < -0.3 is 10.2 Å². The van der Waals surface area contributed by atoms with E-state index in [0.717, 1.165) is 5.56 Å². The fraction of sp³-hybridized carbons (Fsp3) is 0.294. The Hall–Kier alpha value is -1.44. The smallest absolute Gasteiger partial charge is 0.243 e. The third-order valence-corrected chi connectivity index (χ3v) is 6.49. The van der Waals surface area contributed by atoms with Crippen LogP contribution in [-0.4, -0.2) is 42.1 Å². The molecule has 0 aliphatic carbocycles. The average Bonchev–Trinajstić information content (AvgIpc) is 2.58. The van der Waals surface area contributed by atoms with Crippen molar-refractivity contribution in [2.45, 2.75) is 23.5 Å². The minimum absolute atomic E-state index is 0.0635. The number of β-amino-alcohol motifs (C(OH)–C–C–N with tert-alkyl or cyclic N) is 1. The molecule has 1 aliphatic rings. The summed E-state index contributed by atoms with van der Waals surface area (Å²) in [5.41, 5.74) is 1.26. The molecule has 0 saturated carbocycles. The molecule has 2 aromatic carbocycles. The van der Waals surface area contributed by atoms with Crippen molar-refractivity contribution in [2.24, 2.45) is 0 Å². The second kappa shape index (κ2) is 6.82. The van der Waals surface area contributed by atoms with E-state index in [0.29, 0.717) is 17.0 Å². The first-order valence-electron chi connectivity index (χ1n) is 7.59. The molecule has 0 radical (unpaired) electrons. The van der Waals surface area contributed by atoms with Crippen molar-refractivity contribution in [3.05, 3.63) is 64.7 Å². The second-order valence-electron chi connectivity index (χ2n) is 5.72. The summed E-state index contributed by atoms with van der Waals surface area (Å²) in [6, 6.07) is 12.8. The van der Waals surface area contributed by atoms with Crippen LogP contribution in [0.4, 0.5) is 0 Å². The van der Waals surface area contributed by atoms with Crippen molar-refractivity contribution in [1.29, 1.82) is 0 Å². The van der Waals surface area contributed by atoms with Crippen LogP contribution in [-0.2, 0) is 16.4 Å². The quantitative estimate of drug-likeness (QED) is 0.866. The Balaban J connectivity index is 2.04. The number of fused-ring (bicyclic) bond motifs is 1. The van der Waals surface area contributed by atoms with E-state index in [9.17, 15) is 18.6 Å². The van der Waals surface area contributed by atoms with Crippen molar-refractivity contribution in [1.82, 2.24) is 4.31 Å². The van der Waals surface area contributed by atoms with Crippen molar-refractivity contribution in [2.75, 3.05) is 13.2 Å². The highest BCUT2D eigenvalue weighted by Gasteiger charge is 2.43. The molecular formula is C17H18ClNO4S. The van der Waals surface area contributed by atoms with E-state index in [1.54, 1.807) is 42.5 Å².